The molecule has 23 heavy (non-hydrogen) atoms. The van der Waals surface area contributed by atoms with Gasteiger partial charge in [-0.25, -0.2) is 9.97 Å². The van der Waals surface area contributed by atoms with Crippen LogP contribution < -0.4 is 10.5 Å². The molecular weight excluding hydrogens is 292 g/mol. The maximum Gasteiger partial charge on any atom is 0.286 e. The lowest BCUT2D eigenvalue weighted by atomic mass is 10.1. The number of nitrogens with two attached hydrogens (primary N) is 1. The molecule has 2 N–H and O–H groups in total. The fraction of sp³-hybridized carbons (Fsp3) is 0.353. The molecule has 0 aliphatic carbocycles. The number of primary amides is 1. The first-order valence-electron chi connectivity index (χ1n) is 7.67. The number of hydrogen-bond donors (Lipinski definition) is 1. The lowest BCUT2D eigenvalue weighted by molar-refractivity contribution is 0.0989. The molecule has 1 aliphatic rings. The standard InChI is InChI=1S/C17H19N4O2/c1-2-23-14-5-3-4-12(8-14)10-21-7-6-13-9-19-17(16(18)22)20-15(13)11-21/h3-5,8H,2,6-7,10-11H2,1H3,(H2,18,22). The highest BCUT2D eigenvalue weighted by Gasteiger charge is 2.20. The molecule has 1 aromatic carbocycles. The molecule has 3 rings (SSSR count). The van der Waals surface area contributed by atoms with Gasteiger partial charge in [0.25, 0.3) is 5.91 Å². The number of rotatable bonds is 5. The van der Waals surface area contributed by atoms with E-state index >= 15 is 0 Å². The van der Waals surface area contributed by atoms with Gasteiger partial charge in [0.15, 0.2) is 0 Å². The van der Waals surface area contributed by atoms with E-state index in [0.29, 0.717) is 13.2 Å². The summed E-state index contributed by atoms with van der Waals surface area (Å²) in [6.07, 6.45) is 3.71. The number of benzene rings is 1. The number of amides is 1. The predicted molar refractivity (Wildman–Crippen MR) is 84.8 cm³/mol. The van der Waals surface area contributed by atoms with Gasteiger partial charge in [-0.3, -0.25) is 9.69 Å². The number of aromatic nitrogens is 2. The van der Waals surface area contributed by atoms with Crippen LogP contribution in [0.4, 0.5) is 0 Å². The van der Waals surface area contributed by atoms with Crippen molar-refractivity contribution in [2.24, 2.45) is 5.73 Å². The van der Waals surface area contributed by atoms with Gasteiger partial charge in [0.1, 0.15) is 5.75 Å². The van der Waals surface area contributed by atoms with Crippen LogP contribution in [-0.2, 0) is 19.5 Å². The molecule has 0 fully saturated rings. The predicted octanol–water partition coefficient (Wildman–Crippen LogP) is 1.33. The number of nitrogens with zero attached hydrogens (tertiary/aromatic N) is 3. The van der Waals surface area contributed by atoms with Crippen LogP contribution in [0.25, 0.3) is 0 Å². The highest BCUT2D eigenvalue weighted by Crippen LogP contribution is 2.20. The van der Waals surface area contributed by atoms with E-state index in [2.05, 4.69) is 33.2 Å². The van der Waals surface area contributed by atoms with Gasteiger partial charge in [-0.2, -0.15) is 0 Å². The van der Waals surface area contributed by atoms with Gasteiger partial charge in [-0.15, -0.1) is 0 Å². The minimum atomic E-state index is -0.620. The molecular formula is C17H19N4O2. The Bertz CT molecular complexity index is 717. The largest absolute Gasteiger partial charge is 0.494 e. The molecule has 0 saturated carbocycles. The molecule has 1 amide bonds. The number of hydrogen-bond acceptors (Lipinski definition) is 5. The van der Waals surface area contributed by atoms with E-state index in [4.69, 9.17) is 10.5 Å². The molecule has 1 aromatic heterocycles. The zero-order valence-electron chi connectivity index (χ0n) is 13.1. The van der Waals surface area contributed by atoms with Crippen molar-refractivity contribution in [1.82, 2.24) is 14.9 Å². The molecule has 119 valence electrons. The molecule has 0 unspecified atom stereocenters. The zero-order chi connectivity index (χ0) is 16.2. The summed E-state index contributed by atoms with van der Waals surface area (Å²) in [5.41, 5.74) is 8.23. The Morgan fingerprint density at radius 1 is 1.48 bits per heavy atom. The summed E-state index contributed by atoms with van der Waals surface area (Å²) in [4.78, 5) is 21.6. The third-order valence-electron chi connectivity index (χ3n) is 3.77. The molecule has 6 nitrogen and oxygen atoms in total. The van der Waals surface area contributed by atoms with Crippen molar-refractivity contribution in [2.75, 3.05) is 13.2 Å². The third-order valence-corrected chi connectivity index (χ3v) is 3.77. The number of ether oxygens (including phenoxy) is 1. The van der Waals surface area contributed by atoms with Gasteiger partial charge >= 0.3 is 0 Å². The second-order valence-electron chi connectivity index (χ2n) is 5.49. The topological polar surface area (TPSA) is 81.3 Å². The van der Waals surface area contributed by atoms with E-state index in [-0.39, 0.29) is 5.82 Å². The average molecular weight is 311 g/mol. The van der Waals surface area contributed by atoms with Crippen LogP contribution >= 0.6 is 0 Å². The summed E-state index contributed by atoms with van der Waals surface area (Å²) < 4.78 is 5.54. The first-order valence-corrected chi connectivity index (χ1v) is 7.67. The van der Waals surface area contributed by atoms with E-state index in [9.17, 15) is 4.79 Å². The van der Waals surface area contributed by atoms with Crippen LogP contribution in [0.5, 0.6) is 5.75 Å². The van der Waals surface area contributed by atoms with Crippen molar-refractivity contribution >= 4 is 5.91 Å². The van der Waals surface area contributed by atoms with E-state index in [0.717, 1.165) is 36.5 Å². The van der Waals surface area contributed by atoms with E-state index in [1.807, 2.05) is 19.1 Å². The summed E-state index contributed by atoms with van der Waals surface area (Å²) in [6, 6.07) is 8.10. The Hall–Kier alpha value is -2.47. The molecule has 0 bridgehead atoms. The van der Waals surface area contributed by atoms with Crippen molar-refractivity contribution in [3.8, 4) is 5.75 Å². The smallest absolute Gasteiger partial charge is 0.286 e. The fourth-order valence-corrected chi connectivity index (χ4v) is 2.70. The van der Waals surface area contributed by atoms with Crippen molar-refractivity contribution in [3.05, 3.63) is 53.1 Å². The Morgan fingerprint density at radius 3 is 3.13 bits per heavy atom. The first-order chi connectivity index (χ1) is 11.2. The van der Waals surface area contributed by atoms with Gasteiger partial charge in [0.05, 0.1) is 18.5 Å². The highest BCUT2D eigenvalue weighted by atomic mass is 16.5. The fourth-order valence-electron chi connectivity index (χ4n) is 2.70. The van der Waals surface area contributed by atoms with Crippen LogP contribution in [-0.4, -0.2) is 33.9 Å². The minimum absolute atomic E-state index is 0.0314. The zero-order valence-corrected chi connectivity index (χ0v) is 13.1. The molecule has 1 radical (unpaired) electrons. The first kappa shape index (κ1) is 15.4. The van der Waals surface area contributed by atoms with Gasteiger partial charge in [-0.1, -0.05) is 12.1 Å². The Labute approximate surface area is 135 Å². The summed E-state index contributed by atoms with van der Waals surface area (Å²) >= 11 is 0. The van der Waals surface area contributed by atoms with Crippen molar-refractivity contribution < 1.29 is 9.53 Å². The Morgan fingerprint density at radius 2 is 2.35 bits per heavy atom. The normalized spacial score (nSPS) is 14.3. The van der Waals surface area contributed by atoms with Crippen molar-refractivity contribution in [3.63, 3.8) is 0 Å². The van der Waals surface area contributed by atoms with E-state index < -0.39 is 5.91 Å². The van der Waals surface area contributed by atoms with Crippen molar-refractivity contribution in [2.45, 2.75) is 26.4 Å². The summed E-state index contributed by atoms with van der Waals surface area (Å²) in [6.45, 7) is 5.00. The van der Waals surface area contributed by atoms with Gasteiger partial charge < -0.3 is 10.5 Å². The number of fused-ring (bicyclic) bond motifs is 1. The summed E-state index contributed by atoms with van der Waals surface area (Å²) in [5.74, 6) is 0.295. The van der Waals surface area contributed by atoms with Gasteiger partial charge in [0.2, 0.25) is 5.82 Å². The lowest BCUT2D eigenvalue weighted by Crippen LogP contribution is -2.32. The lowest BCUT2D eigenvalue weighted by Gasteiger charge is -2.27. The number of carbonyl (C=O) groups is 1. The molecule has 0 saturated heterocycles. The van der Waals surface area contributed by atoms with Crippen LogP contribution in [0.3, 0.4) is 0 Å². The Balaban J connectivity index is 1.73. The van der Waals surface area contributed by atoms with E-state index in [1.54, 1.807) is 0 Å². The Kier molecular flexibility index (Phi) is 4.52. The minimum Gasteiger partial charge on any atom is -0.494 e. The van der Waals surface area contributed by atoms with Crippen LogP contribution in [0.15, 0.2) is 24.3 Å². The molecule has 2 heterocycles. The number of carbonyl (C=O) groups excluding carboxylic acids is 1. The maximum absolute atomic E-state index is 11.2. The maximum atomic E-state index is 11.2. The second-order valence-corrected chi connectivity index (χ2v) is 5.49. The molecule has 0 atom stereocenters. The van der Waals surface area contributed by atoms with Crippen molar-refractivity contribution in [1.29, 1.82) is 0 Å². The quantitative estimate of drug-likeness (QED) is 0.901. The SMILES string of the molecule is CCOc1cccc(CN2CCc3[c]nc(C(N)=O)nc3C2)c1. The van der Waals surface area contributed by atoms with Gasteiger partial charge in [-0.05, 0) is 31.0 Å². The molecule has 1 aliphatic heterocycles. The second kappa shape index (κ2) is 6.75. The van der Waals surface area contributed by atoms with Crippen LogP contribution in [0, 0.1) is 6.20 Å². The van der Waals surface area contributed by atoms with Crippen LogP contribution in [0.1, 0.15) is 34.4 Å². The summed E-state index contributed by atoms with van der Waals surface area (Å²) in [5, 5.41) is 0. The van der Waals surface area contributed by atoms with Crippen LogP contribution in [0.2, 0.25) is 0 Å². The molecule has 6 heteroatoms. The molecule has 0 spiro atoms. The van der Waals surface area contributed by atoms with Gasteiger partial charge in [0, 0.05) is 25.2 Å². The third kappa shape index (κ3) is 3.65. The molecule has 2 aromatic rings. The average Bonchev–Trinajstić information content (AvgIpc) is 2.55. The summed E-state index contributed by atoms with van der Waals surface area (Å²) in [7, 11) is 0. The highest BCUT2D eigenvalue weighted by molar-refractivity contribution is 5.88. The van der Waals surface area contributed by atoms with E-state index in [1.165, 1.54) is 5.56 Å². The monoisotopic (exact) mass is 311 g/mol.